The van der Waals surface area contributed by atoms with E-state index in [1.165, 1.54) is 44.8 Å². The summed E-state index contributed by atoms with van der Waals surface area (Å²) < 4.78 is 55.5. The molecule has 10 heteroatoms. The third-order valence-electron chi connectivity index (χ3n) is 4.87. The maximum absolute atomic E-state index is 13.3. The van der Waals surface area contributed by atoms with Crippen LogP contribution < -0.4 is 14.8 Å². The van der Waals surface area contributed by atoms with Gasteiger partial charge in [-0.2, -0.15) is 13.2 Å². The second-order valence-electron chi connectivity index (χ2n) is 7.34. The number of amides is 2. The van der Waals surface area contributed by atoms with Crippen LogP contribution in [-0.2, 0) is 22.3 Å². The lowest BCUT2D eigenvalue weighted by atomic mass is 10.1. The van der Waals surface area contributed by atoms with Crippen molar-refractivity contribution in [1.29, 1.82) is 0 Å². The lowest BCUT2D eigenvalue weighted by molar-refractivity contribution is -0.137. The van der Waals surface area contributed by atoms with E-state index in [2.05, 4.69) is 5.32 Å². The number of carbonyl (C=O) groups excluding carboxylic acids is 2. The van der Waals surface area contributed by atoms with Crippen molar-refractivity contribution in [3.8, 4) is 11.5 Å². The zero-order valence-electron chi connectivity index (χ0n) is 19.0. The number of halogens is 3. The van der Waals surface area contributed by atoms with E-state index < -0.39 is 35.8 Å². The topological polar surface area (TPSA) is 81.0 Å². The average molecular weight is 488 g/mol. The minimum atomic E-state index is -4.64. The molecule has 2 amide bonds. The van der Waals surface area contributed by atoms with E-state index in [9.17, 15) is 22.8 Å². The number of rotatable bonds is 9. The van der Waals surface area contributed by atoms with E-state index in [-0.39, 0.29) is 6.54 Å². The van der Waals surface area contributed by atoms with Crippen molar-refractivity contribution in [2.45, 2.75) is 12.7 Å². The fourth-order valence-corrected chi connectivity index (χ4v) is 3.20. The lowest BCUT2D eigenvalue weighted by Gasteiger charge is -2.20. The van der Waals surface area contributed by atoms with Crippen LogP contribution in [0.2, 0.25) is 0 Å². The van der Waals surface area contributed by atoms with Gasteiger partial charge in [0, 0.05) is 12.1 Å². The van der Waals surface area contributed by atoms with E-state index in [1.807, 2.05) is 0 Å². The maximum Gasteiger partial charge on any atom is 0.418 e. The first kappa shape index (κ1) is 25.4. The van der Waals surface area contributed by atoms with Gasteiger partial charge in [0.25, 0.3) is 0 Å². The highest BCUT2D eigenvalue weighted by Gasteiger charge is 2.33. The fraction of sp³-hybridized carbons (Fsp3) is 0.200. The summed E-state index contributed by atoms with van der Waals surface area (Å²) in [5.41, 5.74) is -0.769. The Labute approximate surface area is 199 Å². The highest BCUT2D eigenvalue weighted by molar-refractivity contribution is 5.98. The first-order valence-electron chi connectivity index (χ1n) is 10.4. The summed E-state index contributed by atoms with van der Waals surface area (Å²) in [5, 5.41) is 2.25. The molecule has 0 atom stereocenters. The first-order valence-corrected chi connectivity index (χ1v) is 10.4. The molecule has 0 unspecified atom stereocenters. The Bertz CT molecular complexity index is 1170. The van der Waals surface area contributed by atoms with Gasteiger partial charge in [-0.05, 0) is 48.0 Å². The SMILES string of the molecule is COc1cc(C=CC(=O)N(CC(=O)Nc2ccccc2C(F)(F)F)Cc2ccco2)cc(OC)c1. The molecular weight excluding hydrogens is 465 g/mol. The van der Waals surface area contributed by atoms with Crippen LogP contribution >= 0.6 is 0 Å². The molecule has 0 saturated heterocycles. The minimum absolute atomic E-state index is 0.0635. The molecule has 0 spiro atoms. The fourth-order valence-electron chi connectivity index (χ4n) is 3.20. The number of anilines is 1. The predicted molar refractivity (Wildman–Crippen MR) is 123 cm³/mol. The van der Waals surface area contributed by atoms with Crippen molar-refractivity contribution >= 4 is 23.6 Å². The highest BCUT2D eigenvalue weighted by Crippen LogP contribution is 2.34. The highest BCUT2D eigenvalue weighted by atomic mass is 19.4. The number of para-hydroxylation sites is 1. The van der Waals surface area contributed by atoms with Gasteiger partial charge in [0.05, 0.1) is 38.3 Å². The summed E-state index contributed by atoms with van der Waals surface area (Å²) >= 11 is 0. The Morgan fingerprint density at radius 3 is 2.31 bits per heavy atom. The molecule has 1 N–H and O–H groups in total. The third kappa shape index (κ3) is 7.13. The Balaban J connectivity index is 1.79. The number of hydrogen-bond donors (Lipinski definition) is 1. The van der Waals surface area contributed by atoms with Gasteiger partial charge in [0.15, 0.2) is 0 Å². The summed E-state index contributed by atoms with van der Waals surface area (Å²) in [4.78, 5) is 26.7. The van der Waals surface area contributed by atoms with Crippen LogP contribution in [0.1, 0.15) is 16.9 Å². The molecular formula is C25H23F3N2O5. The van der Waals surface area contributed by atoms with E-state index >= 15 is 0 Å². The van der Waals surface area contributed by atoms with Crippen molar-refractivity contribution in [1.82, 2.24) is 4.90 Å². The third-order valence-corrected chi connectivity index (χ3v) is 4.87. The van der Waals surface area contributed by atoms with Gasteiger partial charge >= 0.3 is 6.18 Å². The molecule has 1 aromatic heterocycles. The standard InChI is InChI=1S/C25H23F3N2O5/c1-33-19-12-17(13-20(14-19)34-2)9-10-24(32)30(15-18-6-5-11-35-18)16-23(31)29-22-8-4-3-7-21(22)25(26,27)28/h3-14H,15-16H2,1-2H3,(H,29,31). The number of nitrogens with one attached hydrogen (secondary N) is 1. The van der Waals surface area contributed by atoms with Gasteiger partial charge in [-0.15, -0.1) is 0 Å². The average Bonchev–Trinajstić information content (AvgIpc) is 3.34. The van der Waals surface area contributed by atoms with Crippen molar-refractivity contribution in [2.75, 3.05) is 26.1 Å². The Hall–Kier alpha value is -4.21. The molecule has 2 aromatic carbocycles. The molecule has 0 radical (unpaired) electrons. The molecule has 0 bridgehead atoms. The van der Waals surface area contributed by atoms with Gasteiger partial charge in [0.1, 0.15) is 23.8 Å². The minimum Gasteiger partial charge on any atom is -0.497 e. The second-order valence-corrected chi connectivity index (χ2v) is 7.34. The van der Waals surface area contributed by atoms with Crippen LogP contribution in [0.4, 0.5) is 18.9 Å². The maximum atomic E-state index is 13.3. The number of nitrogens with zero attached hydrogens (tertiary/aromatic N) is 1. The van der Waals surface area contributed by atoms with Crippen LogP contribution in [0.3, 0.4) is 0 Å². The molecule has 1 heterocycles. The summed E-state index contributed by atoms with van der Waals surface area (Å²) in [7, 11) is 2.99. The summed E-state index contributed by atoms with van der Waals surface area (Å²) in [6, 6.07) is 12.9. The first-order chi connectivity index (χ1) is 16.7. The Morgan fingerprint density at radius 2 is 1.71 bits per heavy atom. The molecule has 7 nitrogen and oxygen atoms in total. The number of benzene rings is 2. The second kappa shape index (κ2) is 11.3. The molecule has 0 fully saturated rings. The zero-order chi connectivity index (χ0) is 25.4. The van der Waals surface area contributed by atoms with Crippen LogP contribution in [0.25, 0.3) is 6.08 Å². The number of alkyl halides is 3. The molecule has 0 aliphatic heterocycles. The largest absolute Gasteiger partial charge is 0.497 e. The van der Waals surface area contributed by atoms with Crippen molar-refractivity contribution < 1.29 is 36.7 Å². The van der Waals surface area contributed by atoms with Gasteiger partial charge in [0.2, 0.25) is 11.8 Å². The Kier molecular flexibility index (Phi) is 8.19. The van der Waals surface area contributed by atoms with Crippen LogP contribution in [0.5, 0.6) is 11.5 Å². The van der Waals surface area contributed by atoms with Gasteiger partial charge < -0.3 is 24.1 Å². The molecule has 0 aliphatic rings. The van der Waals surface area contributed by atoms with Gasteiger partial charge in [-0.25, -0.2) is 0 Å². The molecule has 3 aromatic rings. The smallest absolute Gasteiger partial charge is 0.418 e. The normalized spacial score (nSPS) is 11.3. The van der Waals surface area contributed by atoms with E-state index in [0.29, 0.717) is 22.8 Å². The number of carbonyl (C=O) groups is 2. The summed E-state index contributed by atoms with van der Waals surface area (Å²) in [5.74, 6) is 0.0944. The number of furan rings is 1. The molecule has 0 saturated carbocycles. The summed E-state index contributed by atoms with van der Waals surface area (Å²) in [6.07, 6.45) is -0.475. The number of methoxy groups -OCH3 is 2. The number of ether oxygens (including phenoxy) is 2. The van der Waals surface area contributed by atoms with E-state index in [0.717, 1.165) is 17.0 Å². The lowest BCUT2D eigenvalue weighted by Crippen LogP contribution is -2.36. The van der Waals surface area contributed by atoms with Gasteiger partial charge in [-0.1, -0.05) is 12.1 Å². The molecule has 3 rings (SSSR count). The van der Waals surface area contributed by atoms with Crippen molar-refractivity contribution in [3.63, 3.8) is 0 Å². The van der Waals surface area contributed by atoms with E-state index in [4.69, 9.17) is 13.9 Å². The van der Waals surface area contributed by atoms with Crippen LogP contribution in [-0.4, -0.2) is 37.5 Å². The quantitative estimate of drug-likeness (QED) is 0.429. The summed E-state index contributed by atoms with van der Waals surface area (Å²) in [6.45, 7) is -0.566. The van der Waals surface area contributed by atoms with Crippen molar-refractivity contribution in [3.05, 3.63) is 83.8 Å². The number of hydrogen-bond acceptors (Lipinski definition) is 5. The monoisotopic (exact) mass is 488 g/mol. The van der Waals surface area contributed by atoms with Crippen molar-refractivity contribution in [2.24, 2.45) is 0 Å². The Morgan fingerprint density at radius 1 is 1.03 bits per heavy atom. The van der Waals surface area contributed by atoms with Crippen LogP contribution in [0.15, 0.2) is 71.4 Å². The predicted octanol–water partition coefficient (Wildman–Crippen LogP) is 5.00. The van der Waals surface area contributed by atoms with E-state index in [1.54, 1.807) is 30.3 Å². The zero-order valence-corrected chi connectivity index (χ0v) is 19.0. The molecule has 184 valence electrons. The van der Waals surface area contributed by atoms with Crippen LogP contribution in [0, 0.1) is 0 Å². The molecule has 0 aliphatic carbocycles. The van der Waals surface area contributed by atoms with Gasteiger partial charge in [-0.3, -0.25) is 9.59 Å². The molecule has 35 heavy (non-hydrogen) atoms.